The number of nitrogens with zero attached hydrogens (tertiary/aromatic N) is 2. The van der Waals surface area contributed by atoms with Crippen LogP contribution < -0.4 is 4.74 Å². The summed E-state index contributed by atoms with van der Waals surface area (Å²) in [5, 5.41) is 0. The fourth-order valence-corrected chi connectivity index (χ4v) is 6.06. The first-order valence-electron chi connectivity index (χ1n) is 13.5. The Morgan fingerprint density at radius 3 is 2.28 bits per heavy atom. The van der Waals surface area contributed by atoms with Crippen molar-refractivity contribution in [2.75, 3.05) is 24.6 Å². The van der Waals surface area contributed by atoms with E-state index < -0.39 is 0 Å². The molecule has 1 aliphatic rings. The molecule has 0 amide bonds. The molecule has 1 aromatic heterocycles. The summed E-state index contributed by atoms with van der Waals surface area (Å²) in [6, 6.07) is 15.7. The molecule has 1 saturated heterocycles. The van der Waals surface area contributed by atoms with E-state index in [9.17, 15) is 0 Å². The minimum absolute atomic E-state index is 0.481. The van der Waals surface area contributed by atoms with Crippen molar-refractivity contribution in [3.63, 3.8) is 0 Å². The fraction of sp³-hybridized carbons (Fsp3) is 0.469. The summed E-state index contributed by atoms with van der Waals surface area (Å²) in [4.78, 5) is 7.79. The third-order valence-corrected chi connectivity index (χ3v) is 8.37. The number of pyridine rings is 1. The van der Waals surface area contributed by atoms with E-state index in [-0.39, 0.29) is 0 Å². The van der Waals surface area contributed by atoms with Gasteiger partial charge in [0.2, 0.25) is 0 Å². The van der Waals surface area contributed by atoms with Crippen LogP contribution in [0.4, 0.5) is 0 Å². The Morgan fingerprint density at radius 1 is 0.944 bits per heavy atom. The van der Waals surface area contributed by atoms with Crippen LogP contribution >= 0.6 is 11.8 Å². The fourth-order valence-electron chi connectivity index (χ4n) is 5.08. The van der Waals surface area contributed by atoms with Crippen molar-refractivity contribution in [1.82, 2.24) is 9.88 Å². The molecule has 1 fully saturated rings. The third kappa shape index (κ3) is 6.15. The predicted octanol–water partition coefficient (Wildman–Crippen LogP) is 7.74. The van der Waals surface area contributed by atoms with E-state index in [2.05, 4.69) is 101 Å². The Morgan fingerprint density at radius 2 is 1.64 bits per heavy atom. The van der Waals surface area contributed by atoms with Gasteiger partial charge in [-0.3, -0.25) is 9.88 Å². The van der Waals surface area contributed by atoms with Crippen molar-refractivity contribution >= 4 is 11.8 Å². The van der Waals surface area contributed by atoms with Gasteiger partial charge in [0, 0.05) is 48.0 Å². The summed E-state index contributed by atoms with van der Waals surface area (Å²) >= 11 is 2.06. The molecule has 2 aromatic carbocycles. The van der Waals surface area contributed by atoms with E-state index in [0.717, 1.165) is 49.6 Å². The normalized spacial score (nSPS) is 14.4. The van der Waals surface area contributed by atoms with Crippen molar-refractivity contribution in [2.24, 2.45) is 0 Å². The Kier molecular flexibility index (Phi) is 9.14. The maximum Gasteiger partial charge on any atom is 0.123 e. The number of rotatable bonds is 9. The number of thioether (sulfide) groups is 1. The van der Waals surface area contributed by atoms with Crippen molar-refractivity contribution < 1.29 is 4.74 Å². The van der Waals surface area contributed by atoms with Gasteiger partial charge in [-0.15, -0.1) is 0 Å². The van der Waals surface area contributed by atoms with Crippen molar-refractivity contribution in [1.29, 1.82) is 0 Å². The lowest BCUT2D eigenvalue weighted by molar-refractivity contribution is 0.280. The lowest BCUT2D eigenvalue weighted by Crippen LogP contribution is -2.32. The molecule has 0 spiro atoms. The predicted molar refractivity (Wildman–Crippen MR) is 155 cm³/mol. The maximum absolute atomic E-state index is 6.50. The summed E-state index contributed by atoms with van der Waals surface area (Å²) in [6.45, 7) is 17.0. The van der Waals surface area contributed by atoms with E-state index in [0.29, 0.717) is 12.5 Å². The van der Waals surface area contributed by atoms with Gasteiger partial charge in [-0.1, -0.05) is 58.0 Å². The molecule has 36 heavy (non-hydrogen) atoms. The zero-order chi connectivity index (χ0) is 25.7. The topological polar surface area (TPSA) is 25.4 Å². The number of aromatic nitrogens is 1. The standard InChI is InChI=1S/C32H42N2OS/c1-7-25-10-9-11-26(8-2)32(25)30-18-28(20-34-14-16-36-17-15-34)29(24(6)33-30)21-35-31-19-27(22(3)4)13-12-23(31)5/h9-13,18-19,22H,7-8,14-17,20-21H2,1-6H3. The van der Waals surface area contributed by atoms with Crippen molar-refractivity contribution in [3.05, 3.63) is 81.5 Å². The Labute approximate surface area is 222 Å². The molecule has 4 rings (SSSR count). The van der Waals surface area contributed by atoms with E-state index in [1.807, 2.05) is 0 Å². The molecule has 3 aromatic rings. The second kappa shape index (κ2) is 12.3. The Hall–Kier alpha value is -2.30. The molecule has 0 saturated carbocycles. The first-order valence-corrected chi connectivity index (χ1v) is 14.7. The number of hydrogen-bond donors (Lipinski definition) is 0. The molecule has 0 N–H and O–H groups in total. The molecular formula is C32H42N2OS. The summed E-state index contributed by atoms with van der Waals surface area (Å²) in [5.74, 6) is 3.88. The minimum atomic E-state index is 0.481. The van der Waals surface area contributed by atoms with Crippen LogP contribution in [0.1, 0.15) is 72.7 Å². The van der Waals surface area contributed by atoms with Crippen LogP contribution in [0.25, 0.3) is 11.3 Å². The molecule has 0 radical (unpaired) electrons. The van der Waals surface area contributed by atoms with Crippen molar-refractivity contribution in [3.8, 4) is 17.0 Å². The first kappa shape index (κ1) is 26.8. The van der Waals surface area contributed by atoms with E-state index in [1.54, 1.807) is 0 Å². The van der Waals surface area contributed by atoms with Gasteiger partial charge in [0.15, 0.2) is 0 Å². The minimum Gasteiger partial charge on any atom is -0.489 e. The average Bonchev–Trinajstić information content (AvgIpc) is 2.88. The van der Waals surface area contributed by atoms with Gasteiger partial charge in [0.05, 0.1) is 5.69 Å². The highest BCUT2D eigenvalue weighted by Crippen LogP contribution is 2.32. The molecule has 0 bridgehead atoms. The van der Waals surface area contributed by atoms with Gasteiger partial charge < -0.3 is 4.74 Å². The number of ether oxygens (including phenoxy) is 1. The lowest BCUT2D eigenvalue weighted by Gasteiger charge is -2.28. The highest BCUT2D eigenvalue weighted by molar-refractivity contribution is 7.99. The molecule has 4 heteroatoms. The molecule has 192 valence electrons. The van der Waals surface area contributed by atoms with Gasteiger partial charge in [-0.2, -0.15) is 11.8 Å². The van der Waals surface area contributed by atoms with Crippen LogP contribution in [-0.4, -0.2) is 34.5 Å². The monoisotopic (exact) mass is 502 g/mol. The SMILES string of the molecule is CCc1cccc(CC)c1-c1cc(CN2CCSCC2)c(COc2cc(C(C)C)ccc2C)c(C)n1. The van der Waals surface area contributed by atoms with E-state index in [4.69, 9.17) is 9.72 Å². The molecule has 2 heterocycles. The van der Waals surface area contributed by atoms with Gasteiger partial charge in [0.1, 0.15) is 12.4 Å². The van der Waals surface area contributed by atoms with Crippen LogP contribution in [0, 0.1) is 13.8 Å². The van der Waals surface area contributed by atoms with Gasteiger partial charge in [-0.25, -0.2) is 0 Å². The van der Waals surface area contributed by atoms with Crippen LogP contribution in [0.3, 0.4) is 0 Å². The second-order valence-corrected chi connectivity index (χ2v) is 11.5. The Bertz CT molecular complexity index is 1160. The summed E-state index contributed by atoms with van der Waals surface area (Å²) < 4.78 is 6.50. The lowest BCUT2D eigenvalue weighted by atomic mass is 9.93. The van der Waals surface area contributed by atoms with Crippen LogP contribution in [0.15, 0.2) is 42.5 Å². The highest BCUT2D eigenvalue weighted by atomic mass is 32.2. The summed E-state index contributed by atoms with van der Waals surface area (Å²) in [6.07, 6.45) is 2.03. The Balaban J connectivity index is 1.73. The van der Waals surface area contributed by atoms with Crippen LogP contribution in [-0.2, 0) is 26.0 Å². The zero-order valence-electron chi connectivity index (χ0n) is 23.0. The largest absolute Gasteiger partial charge is 0.489 e. The quantitative estimate of drug-likeness (QED) is 0.299. The smallest absolute Gasteiger partial charge is 0.123 e. The number of aryl methyl sites for hydroxylation is 4. The van der Waals surface area contributed by atoms with E-state index in [1.165, 1.54) is 50.4 Å². The number of benzene rings is 2. The molecule has 3 nitrogen and oxygen atoms in total. The van der Waals surface area contributed by atoms with Crippen LogP contribution in [0.5, 0.6) is 5.75 Å². The second-order valence-electron chi connectivity index (χ2n) is 10.2. The first-order chi connectivity index (χ1) is 17.4. The third-order valence-electron chi connectivity index (χ3n) is 7.43. The molecule has 1 aliphatic heterocycles. The van der Waals surface area contributed by atoms with E-state index >= 15 is 0 Å². The average molecular weight is 503 g/mol. The van der Waals surface area contributed by atoms with Crippen LogP contribution in [0.2, 0.25) is 0 Å². The summed E-state index contributed by atoms with van der Waals surface area (Å²) in [5.41, 5.74) is 11.4. The van der Waals surface area contributed by atoms with Gasteiger partial charge >= 0.3 is 0 Å². The molecule has 0 atom stereocenters. The van der Waals surface area contributed by atoms with Crippen molar-refractivity contribution in [2.45, 2.75) is 73.5 Å². The maximum atomic E-state index is 6.50. The number of hydrogen-bond acceptors (Lipinski definition) is 4. The van der Waals surface area contributed by atoms with Gasteiger partial charge in [0.25, 0.3) is 0 Å². The zero-order valence-corrected chi connectivity index (χ0v) is 23.8. The molecule has 0 aliphatic carbocycles. The van der Waals surface area contributed by atoms with Gasteiger partial charge in [-0.05, 0) is 72.6 Å². The molecular weight excluding hydrogens is 460 g/mol. The highest BCUT2D eigenvalue weighted by Gasteiger charge is 2.19. The summed E-state index contributed by atoms with van der Waals surface area (Å²) in [7, 11) is 0. The molecule has 0 unspecified atom stereocenters.